The van der Waals surface area contributed by atoms with Crippen LogP contribution in [0.25, 0.3) is 5.65 Å². The molecule has 0 spiro atoms. The Labute approximate surface area is 108 Å². The molecule has 2 aromatic rings. The Hall–Kier alpha value is -1.24. The second kappa shape index (κ2) is 5.90. The average molecular weight is 299 g/mol. The van der Waals surface area contributed by atoms with Gasteiger partial charge in [-0.25, -0.2) is 0 Å². The lowest BCUT2D eigenvalue weighted by atomic mass is 10.2. The predicted octanol–water partition coefficient (Wildman–Crippen LogP) is 1.52. The third-order valence-electron chi connectivity index (χ3n) is 2.61. The smallest absolute Gasteiger partial charge is 0.199 e. The minimum Gasteiger partial charge on any atom is -0.358 e. The summed E-state index contributed by atoms with van der Waals surface area (Å²) in [5.41, 5.74) is 0.676. The van der Waals surface area contributed by atoms with Crippen LogP contribution in [0, 0.1) is 0 Å². The number of tetrazole rings is 1. The highest BCUT2D eigenvalue weighted by Crippen LogP contribution is 2.12. The van der Waals surface area contributed by atoms with E-state index in [1.54, 1.807) is 16.9 Å². The van der Waals surface area contributed by atoms with Gasteiger partial charge < -0.3 is 4.90 Å². The SMILES string of the molecule is CN(CCCCCBr)c1cncc2nnnn12. The van der Waals surface area contributed by atoms with E-state index >= 15 is 0 Å². The molecule has 0 fully saturated rings. The van der Waals surface area contributed by atoms with E-state index in [1.165, 1.54) is 12.8 Å². The van der Waals surface area contributed by atoms with Crippen LogP contribution >= 0.6 is 15.9 Å². The van der Waals surface area contributed by atoms with Crippen molar-refractivity contribution in [1.82, 2.24) is 25.0 Å². The molecule has 0 aliphatic rings. The number of halogens is 1. The molecule has 2 heterocycles. The molecule has 0 bridgehead atoms. The summed E-state index contributed by atoms with van der Waals surface area (Å²) < 4.78 is 1.71. The lowest BCUT2D eigenvalue weighted by Crippen LogP contribution is -2.21. The Morgan fingerprint density at radius 1 is 1.29 bits per heavy atom. The minimum absolute atomic E-state index is 0.676. The minimum atomic E-state index is 0.676. The van der Waals surface area contributed by atoms with Crippen LogP contribution in [-0.4, -0.2) is 43.9 Å². The lowest BCUT2D eigenvalue weighted by molar-refractivity contribution is 0.695. The van der Waals surface area contributed by atoms with Gasteiger partial charge in [0.2, 0.25) is 0 Å². The van der Waals surface area contributed by atoms with Crippen molar-refractivity contribution in [1.29, 1.82) is 0 Å². The average Bonchev–Trinajstić information content (AvgIpc) is 2.82. The third kappa shape index (κ3) is 2.91. The summed E-state index contributed by atoms with van der Waals surface area (Å²) >= 11 is 3.43. The summed E-state index contributed by atoms with van der Waals surface area (Å²) in [7, 11) is 2.03. The summed E-state index contributed by atoms with van der Waals surface area (Å²) in [6.07, 6.45) is 7.02. The van der Waals surface area contributed by atoms with E-state index in [4.69, 9.17) is 0 Å². The van der Waals surface area contributed by atoms with Gasteiger partial charge in [0, 0.05) is 18.9 Å². The van der Waals surface area contributed by atoms with E-state index in [0.717, 1.165) is 24.1 Å². The van der Waals surface area contributed by atoms with Gasteiger partial charge in [-0.3, -0.25) is 4.98 Å². The zero-order chi connectivity index (χ0) is 12.1. The Kier molecular flexibility index (Phi) is 4.24. The number of rotatable bonds is 6. The van der Waals surface area contributed by atoms with Crippen molar-refractivity contribution in [2.45, 2.75) is 19.3 Å². The van der Waals surface area contributed by atoms with Crippen molar-refractivity contribution in [2.75, 3.05) is 23.8 Å². The van der Waals surface area contributed by atoms with Gasteiger partial charge in [-0.2, -0.15) is 4.52 Å². The fourth-order valence-electron chi connectivity index (χ4n) is 1.66. The van der Waals surface area contributed by atoms with Crippen LogP contribution in [0.2, 0.25) is 0 Å². The fourth-order valence-corrected chi connectivity index (χ4v) is 2.05. The third-order valence-corrected chi connectivity index (χ3v) is 3.17. The summed E-state index contributed by atoms with van der Waals surface area (Å²) in [5, 5.41) is 12.5. The fraction of sp³-hybridized carbons (Fsp3) is 0.600. The molecule has 0 atom stereocenters. The molecule has 2 aromatic heterocycles. The van der Waals surface area contributed by atoms with Crippen molar-refractivity contribution in [2.24, 2.45) is 0 Å². The van der Waals surface area contributed by atoms with Crippen LogP contribution in [0.15, 0.2) is 12.4 Å². The maximum absolute atomic E-state index is 4.14. The number of hydrogen-bond acceptors (Lipinski definition) is 5. The van der Waals surface area contributed by atoms with Gasteiger partial charge >= 0.3 is 0 Å². The molecule has 6 nitrogen and oxygen atoms in total. The number of fused-ring (bicyclic) bond motifs is 1. The molecule has 0 radical (unpaired) electrons. The van der Waals surface area contributed by atoms with Crippen molar-refractivity contribution < 1.29 is 0 Å². The summed E-state index contributed by atoms with van der Waals surface area (Å²) in [4.78, 5) is 6.27. The van der Waals surface area contributed by atoms with Gasteiger partial charge in [-0.1, -0.05) is 22.4 Å². The first-order valence-electron chi connectivity index (χ1n) is 5.62. The Morgan fingerprint density at radius 2 is 2.18 bits per heavy atom. The number of anilines is 1. The molecule has 0 aromatic carbocycles. The van der Waals surface area contributed by atoms with E-state index < -0.39 is 0 Å². The zero-order valence-corrected chi connectivity index (χ0v) is 11.3. The van der Waals surface area contributed by atoms with Crippen molar-refractivity contribution in [3.8, 4) is 0 Å². The molecule has 0 N–H and O–H groups in total. The molecule has 17 heavy (non-hydrogen) atoms. The Morgan fingerprint density at radius 3 is 3.00 bits per heavy atom. The molecule has 0 saturated heterocycles. The molecule has 92 valence electrons. The molecule has 7 heteroatoms. The quantitative estimate of drug-likeness (QED) is 0.598. The van der Waals surface area contributed by atoms with Crippen LogP contribution in [0.3, 0.4) is 0 Å². The van der Waals surface area contributed by atoms with Crippen LogP contribution in [0.1, 0.15) is 19.3 Å². The van der Waals surface area contributed by atoms with Gasteiger partial charge in [0.1, 0.15) is 0 Å². The number of alkyl halides is 1. The first kappa shape index (κ1) is 12.2. The summed E-state index contributed by atoms with van der Waals surface area (Å²) in [6.45, 7) is 0.980. The highest BCUT2D eigenvalue weighted by molar-refractivity contribution is 9.09. The number of aromatic nitrogens is 5. The van der Waals surface area contributed by atoms with Gasteiger partial charge in [-0.15, -0.1) is 5.10 Å². The lowest BCUT2D eigenvalue weighted by Gasteiger charge is -2.18. The van der Waals surface area contributed by atoms with Crippen LogP contribution < -0.4 is 4.90 Å². The standard InChI is InChI=1S/C10H15BrN6/c1-16(6-4-2-3-5-11)10-8-12-7-9-13-14-15-17(9)10/h7-8H,2-6H2,1H3. The normalized spacial score (nSPS) is 10.9. The highest BCUT2D eigenvalue weighted by atomic mass is 79.9. The molecular formula is C10H15BrN6. The molecule has 0 unspecified atom stereocenters. The van der Waals surface area contributed by atoms with Crippen molar-refractivity contribution >= 4 is 27.4 Å². The highest BCUT2D eigenvalue weighted by Gasteiger charge is 2.08. The largest absolute Gasteiger partial charge is 0.358 e. The summed E-state index contributed by atoms with van der Waals surface area (Å²) in [5.74, 6) is 0.923. The molecule has 0 saturated carbocycles. The number of unbranched alkanes of at least 4 members (excludes halogenated alkanes) is 2. The van der Waals surface area contributed by atoms with E-state index in [1.807, 2.05) is 7.05 Å². The monoisotopic (exact) mass is 298 g/mol. The van der Waals surface area contributed by atoms with Crippen LogP contribution in [-0.2, 0) is 0 Å². The maximum atomic E-state index is 4.14. The van der Waals surface area contributed by atoms with Gasteiger partial charge in [0.15, 0.2) is 11.5 Å². The molecule has 2 rings (SSSR count). The summed E-state index contributed by atoms with van der Waals surface area (Å²) in [6, 6.07) is 0. The predicted molar refractivity (Wildman–Crippen MR) is 69.5 cm³/mol. The van der Waals surface area contributed by atoms with E-state index in [2.05, 4.69) is 41.3 Å². The second-order valence-electron chi connectivity index (χ2n) is 3.89. The van der Waals surface area contributed by atoms with E-state index in [-0.39, 0.29) is 0 Å². The Bertz CT molecular complexity index is 471. The molecule has 0 aliphatic heterocycles. The number of nitrogens with zero attached hydrogens (tertiary/aromatic N) is 6. The van der Waals surface area contributed by atoms with E-state index in [9.17, 15) is 0 Å². The molecule has 0 amide bonds. The van der Waals surface area contributed by atoms with Gasteiger partial charge in [0.25, 0.3) is 0 Å². The van der Waals surface area contributed by atoms with Crippen LogP contribution in [0.5, 0.6) is 0 Å². The molecular weight excluding hydrogens is 284 g/mol. The Balaban J connectivity index is 2.03. The van der Waals surface area contributed by atoms with Crippen LogP contribution in [0.4, 0.5) is 5.82 Å². The zero-order valence-electron chi connectivity index (χ0n) is 9.75. The first-order valence-corrected chi connectivity index (χ1v) is 6.74. The van der Waals surface area contributed by atoms with E-state index in [0.29, 0.717) is 5.65 Å². The second-order valence-corrected chi connectivity index (χ2v) is 4.68. The van der Waals surface area contributed by atoms with Crippen molar-refractivity contribution in [3.05, 3.63) is 12.4 Å². The molecule has 0 aliphatic carbocycles. The first-order chi connectivity index (χ1) is 8.33. The number of hydrogen-bond donors (Lipinski definition) is 0. The van der Waals surface area contributed by atoms with Gasteiger partial charge in [-0.05, 0) is 23.3 Å². The van der Waals surface area contributed by atoms with Gasteiger partial charge in [0.05, 0.1) is 12.4 Å². The maximum Gasteiger partial charge on any atom is 0.199 e. The van der Waals surface area contributed by atoms with Crippen molar-refractivity contribution in [3.63, 3.8) is 0 Å². The topological polar surface area (TPSA) is 59.2 Å².